The summed E-state index contributed by atoms with van der Waals surface area (Å²) in [5.41, 5.74) is 1.61. The highest BCUT2D eigenvalue weighted by Crippen LogP contribution is 2.26. The van der Waals surface area contributed by atoms with Crippen LogP contribution >= 0.6 is 0 Å². The Labute approximate surface area is 205 Å². The van der Waals surface area contributed by atoms with Crippen molar-refractivity contribution in [1.82, 2.24) is 15.4 Å². The Morgan fingerprint density at radius 3 is 2.69 bits per heavy atom. The molecule has 3 rings (SSSR count). The van der Waals surface area contributed by atoms with Gasteiger partial charge in [0.25, 0.3) is 0 Å². The normalized spacial score (nSPS) is 16.0. The molecule has 2 aromatic rings. The Morgan fingerprint density at radius 2 is 2.03 bits per heavy atom. The molecule has 10 nitrogen and oxygen atoms in total. The van der Waals surface area contributed by atoms with Gasteiger partial charge in [-0.2, -0.15) is 0 Å². The standard InChI is InChI=1S/C25H34N4O6/c1-17-7-4-5-9-20(17)24(25(32)26-16-19-8-6-13-34-19)29(12-14-33-3)23(31)11-10-22(30)27-21-15-18(2)35-28-21/h4-5,7,9,15,19,24H,6,8,10-14,16H2,1-3H3,(H,26,32)(H,27,28,30)/t19-,24+/m1/s1. The van der Waals surface area contributed by atoms with E-state index in [1.807, 2.05) is 31.2 Å². The van der Waals surface area contributed by atoms with Crippen LogP contribution in [0.5, 0.6) is 0 Å². The monoisotopic (exact) mass is 486 g/mol. The zero-order valence-corrected chi connectivity index (χ0v) is 20.5. The molecule has 1 aromatic heterocycles. The number of hydrogen-bond acceptors (Lipinski definition) is 7. The topological polar surface area (TPSA) is 123 Å². The Balaban J connectivity index is 1.75. The number of nitrogens with one attached hydrogen (secondary N) is 2. The first-order valence-electron chi connectivity index (χ1n) is 11.9. The minimum absolute atomic E-state index is 0.0246. The number of carbonyl (C=O) groups is 3. The highest BCUT2D eigenvalue weighted by Gasteiger charge is 2.33. The second-order valence-electron chi connectivity index (χ2n) is 8.59. The highest BCUT2D eigenvalue weighted by atomic mass is 16.5. The van der Waals surface area contributed by atoms with E-state index in [1.165, 1.54) is 12.0 Å². The number of anilines is 1. The van der Waals surface area contributed by atoms with E-state index in [0.29, 0.717) is 24.7 Å². The highest BCUT2D eigenvalue weighted by molar-refractivity contribution is 5.94. The number of benzene rings is 1. The average molecular weight is 487 g/mol. The Hall–Kier alpha value is -3.24. The van der Waals surface area contributed by atoms with Gasteiger partial charge in [0, 0.05) is 45.7 Å². The average Bonchev–Trinajstić information content (AvgIpc) is 3.51. The lowest BCUT2D eigenvalue weighted by Crippen LogP contribution is -2.46. The molecule has 2 atom stereocenters. The zero-order chi connectivity index (χ0) is 25.2. The first-order chi connectivity index (χ1) is 16.9. The van der Waals surface area contributed by atoms with Crippen LogP contribution in [0.15, 0.2) is 34.9 Å². The van der Waals surface area contributed by atoms with Gasteiger partial charge in [-0.05, 0) is 37.8 Å². The van der Waals surface area contributed by atoms with Crippen LogP contribution in [0.4, 0.5) is 5.82 Å². The van der Waals surface area contributed by atoms with Crippen LogP contribution in [-0.4, -0.2) is 67.3 Å². The fourth-order valence-corrected chi connectivity index (χ4v) is 4.04. The zero-order valence-electron chi connectivity index (χ0n) is 20.5. The molecule has 1 aliphatic rings. The van der Waals surface area contributed by atoms with Crippen LogP contribution < -0.4 is 10.6 Å². The van der Waals surface area contributed by atoms with Gasteiger partial charge in [-0.1, -0.05) is 29.4 Å². The van der Waals surface area contributed by atoms with E-state index in [0.717, 1.165) is 24.0 Å². The Kier molecular flexibility index (Phi) is 9.80. The van der Waals surface area contributed by atoms with Gasteiger partial charge in [-0.15, -0.1) is 0 Å². The van der Waals surface area contributed by atoms with Gasteiger partial charge in [-0.25, -0.2) is 0 Å². The predicted octanol–water partition coefficient (Wildman–Crippen LogP) is 2.52. The molecular formula is C25H34N4O6. The van der Waals surface area contributed by atoms with Gasteiger partial charge in [0.15, 0.2) is 5.82 Å². The fraction of sp³-hybridized carbons (Fsp3) is 0.520. The van der Waals surface area contributed by atoms with Crippen molar-refractivity contribution in [3.05, 3.63) is 47.2 Å². The predicted molar refractivity (Wildman–Crippen MR) is 129 cm³/mol. The molecule has 1 aromatic carbocycles. The lowest BCUT2D eigenvalue weighted by atomic mass is 9.98. The number of hydrogen-bond donors (Lipinski definition) is 2. The van der Waals surface area contributed by atoms with Crippen LogP contribution in [0.1, 0.15) is 48.6 Å². The van der Waals surface area contributed by atoms with Crippen molar-refractivity contribution < 1.29 is 28.4 Å². The fourth-order valence-electron chi connectivity index (χ4n) is 4.04. The van der Waals surface area contributed by atoms with Gasteiger partial charge in [0.1, 0.15) is 11.8 Å². The quantitative estimate of drug-likeness (QED) is 0.473. The number of aromatic nitrogens is 1. The molecule has 190 valence electrons. The van der Waals surface area contributed by atoms with Crippen LogP contribution in [-0.2, 0) is 23.9 Å². The molecule has 0 bridgehead atoms. The van der Waals surface area contributed by atoms with Crippen molar-refractivity contribution in [3.8, 4) is 0 Å². The van der Waals surface area contributed by atoms with Gasteiger partial charge in [0.05, 0.1) is 12.7 Å². The second kappa shape index (κ2) is 13.0. The summed E-state index contributed by atoms with van der Waals surface area (Å²) in [5.74, 6) is -0.121. The summed E-state index contributed by atoms with van der Waals surface area (Å²) in [6.07, 6.45) is 1.70. The molecule has 0 saturated carbocycles. The lowest BCUT2D eigenvalue weighted by Gasteiger charge is -2.32. The minimum atomic E-state index is -0.860. The molecule has 0 spiro atoms. The first kappa shape index (κ1) is 26.4. The van der Waals surface area contributed by atoms with Crippen molar-refractivity contribution in [3.63, 3.8) is 0 Å². The SMILES string of the molecule is COCCN(C(=O)CCC(=O)Nc1cc(C)on1)[C@H](C(=O)NC[C@H]1CCCO1)c1ccccc1C. The van der Waals surface area contributed by atoms with E-state index in [4.69, 9.17) is 14.0 Å². The summed E-state index contributed by atoms with van der Waals surface area (Å²) >= 11 is 0. The molecular weight excluding hydrogens is 452 g/mol. The molecule has 0 radical (unpaired) electrons. The van der Waals surface area contributed by atoms with E-state index in [1.54, 1.807) is 13.0 Å². The maximum atomic E-state index is 13.4. The second-order valence-corrected chi connectivity index (χ2v) is 8.59. The number of aryl methyl sites for hydroxylation is 2. The third kappa shape index (κ3) is 7.63. The molecule has 35 heavy (non-hydrogen) atoms. The summed E-state index contributed by atoms with van der Waals surface area (Å²) in [5, 5.41) is 9.31. The molecule has 3 amide bonds. The van der Waals surface area contributed by atoms with Crippen molar-refractivity contribution in [2.24, 2.45) is 0 Å². The first-order valence-corrected chi connectivity index (χ1v) is 11.9. The van der Waals surface area contributed by atoms with E-state index in [2.05, 4.69) is 15.8 Å². The van der Waals surface area contributed by atoms with Crippen molar-refractivity contribution in [2.75, 3.05) is 38.7 Å². The summed E-state index contributed by atoms with van der Waals surface area (Å²) in [6, 6.07) is 8.21. The largest absolute Gasteiger partial charge is 0.383 e. The molecule has 0 aliphatic carbocycles. The van der Waals surface area contributed by atoms with Crippen LogP contribution in [0.2, 0.25) is 0 Å². The third-order valence-electron chi connectivity index (χ3n) is 5.89. The number of ether oxygens (including phenoxy) is 2. The van der Waals surface area contributed by atoms with E-state index in [-0.39, 0.29) is 49.8 Å². The number of amides is 3. The third-order valence-corrected chi connectivity index (χ3v) is 5.89. The molecule has 0 unspecified atom stereocenters. The van der Waals surface area contributed by atoms with Crippen molar-refractivity contribution >= 4 is 23.5 Å². The lowest BCUT2D eigenvalue weighted by molar-refractivity contribution is -0.142. The molecule has 2 heterocycles. The molecule has 10 heteroatoms. The van der Waals surface area contributed by atoms with Crippen LogP contribution in [0, 0.1) is 13.8 Å². The minimum Gasteiger partial charge on any atom is -0.383 e. The van der Waals surface area contributed by atoms with Crippen LogP contribution in [0.3, 0.4) is 0 Å². The van der Waals surface area contributed by atoms with E-state index >= 15 is 0 Å². The summed E-state index contributed by atoms with van der Waals surface area (Å²) in [6.45, 7) is 5.14. The Morgan fingerprint density at radius 1 is 1.23 bits per heavy atom. The molecule has 1 aliphatic heterocycles. The summed E-state index contributed by atoms with van der Waals surface area (Å²) < 4.78 is 15.8. The number of carbonyl (C=O) groups excluding carboxylic acids is 3. The number of methoxy groups -OCH3 is 1. The smallest absolute Gasteiger partial charge is 0.247 e. The Bertz CT molecular complexity index is 1000. The van der Waals surface area contributed by atoms with Gasteiger partial charge >= 0.3 is 0 Å². The molecule has 2 N–H and O–H groups in total. The van der Waals surface area contributed by atoms with Gasteiger partial charge < -0.3 is 29.5 Å². The maximum absolute atomic E-state index is 13.4. The molecule has 1 fully saturated rings. The van der Waals surface area contributed by atoms with E-state index in [9.17, 15) is 14.4 Å². The summed E-state index contributed by atoms with van der Waals surface area (Å²) in [4.78, 5) is 40.6. The number of rotatable bonds is 12. The summed E-state index contributed by atoms with van der Waals surface area (Å²) in [7, 11) is 1.54. The van der Waals surface area contributed by atoms with Crippen LogP contribution in [0.25, 0.3) is 0 Å². The number of nitrogens with zero attached hydrogens (tertiary/aromatic N) is 2. The maximum Gasteiger partial charge on any atom is 0.247 e. The van der Waals surface area contributed by atoms with Gasteiger partial charge in [-0.3, -0.25) is 14.4 Å². The molecule has 1 saturated heterocycles. The van der Waals surface area contributed by atoms with Crippen molar-refractivity contribution in [2.45, 2.75) is 51.7 Å². The van der Waals surface area contributed by atoms with Gasteiger partial charge in [0.2, 0.25) is 17.7 Å². The van der Waals surface area contributed by atoms with E-state index < -0.39 is 6.04 Å². The van der Waals surface area contributed by atoms with Crippen molar-refractivity contribution in [1.29, 1.82) is 0 Å².